The third kappa shape index (κ3) is 8.12. The Morgan fingerprint density at radius 2 is 0.926 bits per heavy atom. The number of rotatable bonds is 8. The lowest BCUT2D eigenvalue weighted by atomic mass is 9.78. The van der Waals surface area contributed by atoms with Crippen LogP contribution in [-0.2, 0) is 21.7 Å². The quantitative estimate of drug-likeness (QED) is 0.152. The summed E-state index contributed by atoms with van der Waals surface area (Å²) in [5.74, 6) is 0.901. The molecule has 9 aromatic rings. The summed E-state index contributed by atoms with van der Waals surface area (Å²) in [6.07, 6.45) is 1.97. The van der Waals surface area contributed by atoms with Crippen LogP contribution in [0.3, 0.4) is 0 Å². The molecule has 0 radical (unpaired) electrons. The van der Waals surface area contributed by atoms with Crippen molar-refractivity contribution < 1.29 is 0 Å². The van der Waals surface area contributed by atoms with Crippen LogP contribution in [0.5, 0.6) is 0 Å². The van der Waals surface area contributed by atoms with Crippen LogP contribution in [0.15, 0.2) is 182 Å². The summed E-state index contributed by atoms with van der Waals surface area (Å²) >= 11 is 0. The molecular weight excluding hydrogens is 827 g/mol. The zero-order valence-corrected chi connectivity index (χ0v) is 41.8. The molecule has 10 rings (SSSR count). The Hall–Kier alpha value is -7.11. The van der Waals surface area contributed by atoms with Gasteiger partial charge in [-0.1, -0.05) is 167 Å². The Balaban J connectivity index is 1.14. The first-order chi connectivity index (χ1) is 32.4. The largest absolute Gasteiger partial charge is 0.321 e. The molecule has 1 aliphatic rings. The highest BCUT2D eigenvalue weighted by molar-refractivity contribution is 6.10. The maximum absolute atomic E-state index is 5.09. The fourth-order valence-electron chi connectivity index (χ4n) is 9.92. The third-order valence-electron chi connectivity index (χ3n) is 14.2. The molecule has 0 atom stereocenters. The molecule has 5 heteroatoms. The second-order valence-electron chi connectivity index (χ2n) is 22.4. The van der Waals surface area contributed by atoms with Gasteiger partial charge < -0.3 is 14.7 Å². The Morgan fingerprint density at radius 1 is 0.397 bits per heavy atom. The molecular formula is C63H65N5. The number of nitrogens with zero attached hydrogens (tertiary/aromatic N) is 5. The standard InChI is InChI=1S/C63H65N5/c1-60(2,3)45-34-46(61(4,5)6)36-50(35-45)65-42-66(57-29-21-20-28-56(57)65)51-37-47(62(7,8)9)38-52(40-51)67(48-24-16-13-17-25-48)49-30-31-54-53-26-18-19-27-55(53)68(58(54)41-49)59-39-44(32-33-64-59)63(10,11)43-22-14-12-15-23-43/h12-41H,42H2,1-11H3. The molecule has 0 bridgehead atoms. The molecule has 342 valence electrons. The fraction of sp³-hybridized carbons (Fsp3) is 0.254. The highest BCUT2D eigenvalue weighted by Gasteiger charge is 2.32. The molecule has 2 aromatic heterocycles. The number of para-hydroxylation sites is 4. The van der Waals surface area contributed by atoms with Crippen LogP contribution >= 0.6 is 0 Å². The first-order valence-corrected chi connectivity index (χ1v) is 24.2. The molecule has 0 amide bonds. The van der Waals surface area contributed by atoms with Gasteiger partial charge in [0.2, 0.25) is 0 Å². The van der Waals surface area contributed by atoms with E-state index in [1.165, 1.54) is 55.7 Å². The average Bonchev–Trinajstić information content (AvgIpc) is 3.88. The maximum Gasteiger partial charge on any atom is 0.137 e. The normalized spacial score (nSPS) is 13.4. The van der Waals surface area contributed by atoms with E-state index in [0.717, 1.165) is 39.6 Å². The van der Waals surface area contributed by atoms with Gasteiger partial charge in [0, 0.05) is 50.8 Å². The molecule has 1 aliphatic heterocycles. The van der Waals surface area contributed by atoms with Crippen molar-refractivity contribution in [2.75, 3.05) is 21.4 Å². The Kier molecular flexibility index (Phi) is 10.9. The van der Waals surface area contributed by atoms with Crippen molar-refractivity contribution in [2.24, 2.45) is 0 Å². The predicted octanol–water partition coefficient (Wildman–Crippen LogP) is 17.1. The molecule has 0 N–H and O–H groups in total. The zero-order valence-electron chi connectivity index (χ0n) is 41.8. The second-order valence-corrected chi connectivity index (χ2v) is 22.4. The number of hydrogen-bond donors (Lipinski definition) is 0. The van der Waals surface area contributed by atoms with E-state index in [1.54, 1.807) is 0 Å². The van der Waals surface area contributed by atoms with Crippen LogP contribution in [0.4, 0.5) is 39.8 Å². The molecule has 0 aliphatic carbocycles. The van der Waals surface area contributed by atoms with Gasteiger partial charge in [0.1, 0.15) is 12.5 Å². The summed E-state index contributed by atoms with van der Waals surface area (Å²) in [7, 11) is 0. The third-order valence-corrected chi connectivity index (χ3v) is 14.2. The van der Waals surface area contributed by atoms with Gasteiger partial charge in [0.25, 0.3) is 0 Å². The first-order valence-electron chi connectivity index (χ1n) is 24.2. The SMILES string of the molecule is CC(C)(C)c1cc(N2CN(c3cc(C(C)(C)C)cc(C(C)(C)C)c3)c3ccccc32)cc(N(c2ccccc2)c2ccc3c4ccccc4n(-c4cc(C(C)(C)c5ccccc5)ccn4)c3c2)c1. The summed E-state index contributed by atoms with van der Waals surface area (Å²) in [6, 6.07) is 65.1. The molecule has 0 saturated carbocycles. The summed E-state index contributed by atoms with van der Waals surface area (Å²) in [5, 5.41) is 2.39. The van der Waals surface area contributed by atoms with Crippen LogP contribution in [-0.4, -0.2) is 16.2 Å². The fourth-order valence-corrected chi connectivity index (χ4v) is 9.92. The van der Waals surface area contributed by atoms with Crippen molar-refractivity contribution in [2.45, 2.75) is 97.8 Å². The van der Waals surface area contributed by atoms with Gasteiger partial charge in [0.05, 0.1) is 22.4 Å². The van der Waals surface area contributed by atoms with Gasteiger partial charge in [-0.2, -0.15) is 0 Å². The minimum atomic E-state index is -0.221. The Morgan fingerprint density at radius 3 is 1.54 bits per heavy atom. The van der Waals surface area contributed by atoms with Gasteiger partial charge >= 0.3 is 0 Å². The highest BCUT2D eigenvalue weighted by Crippen LogP contribution is 2.49. The number of hydrogen-bond acceptors (Lipinski definition) is 4. The van der Waals surface area contributed by atoms with Crippen molar-refractivity contribution in [1.29, 1.82) is 0 Å². The van der Waals surface area contributed by atoms with Crippen LogP contribution in [0.2, 0.25) is 0 Å². The molecule has 0 unspecified atom stereocenters. The van der Waals surface area contributed by atoms with Crippen molar-refractivity contribution in [3.05, 3.63) is 210 Å². The van der Waals surface area contributed by atoms with E-state index in [2.05, 4.69) is 271 Å². The molecule has 7 aromatic carbocycles. The average molecular weight is 892 g/mol. The summed E-state index contributed by atoms with van der Waals surface area (Å²) in [6.45, 7) is 26.2. The smallest absolute Gasteiger partial charge is 0.137 e. The summed E-state index contributed by atoms with van der Waals surface area (Å²) in [4.78, 5) is 12.5. The van der Waals surface area contributed by atoms with Crippen molar-refractivity contribution >= 4 is 61.6 Å². The van der Waals surface area contributed by atoms with Crippen LogP contribution in [0.1, 0.15) is 104 Å². The molecule has 5 nitrogen and oxygen atoms in total. The molecule has 0 fully saturated rings. The van der Waals surface area contributed by atoms with E-state index < -0.39 is 0 Å². The van der Waals surface area contributed by atoms with E-state index in [0.29, 0.717) is 6.67 Å². The zero-order chi connectivity index (χ0) is 47.8. The van der Waals surface area contributed by atoms with E-state index in [9.17, 15) is 0 Å². The lowest BCUT2D eigenvalue weighted by Gasteiger charge is -2.31. The Bertz CT molecular complexity index is 3270. The van der Waals surface area contributed by atoms with Gasteiger partial charge in [-0.25, -0.2) is 4.98 Å². The number of aromatic nitrogens is 2. The van der Waals surface area contributed by atoms with Crippen LogP contribution < -0.4 is 14.7 Å². The monoisotopic (exact) mass is 892 g/mol. The predicted molar refractivity (Wildman–Crippen MR) is 290 cm³/mol. The topological polar surface area (TPSA) is 27.5 Å². The number of benzene rings is 7. The summed E-state index contributed by atoms with van der Waals surface area (Å²) in [5.41, 5.74) is 16.4. The van der Waals surface area contributed by atoms with Crippen LogP contribution in [0.25, 0.3) is 27.6 Å². The maximum atomic E-state index is 5.09. The lowest BCUT2D eigenvalue weighted by molar-refractivity contribution is 0.568. The van der Waals surface area contributed by atoms with Gasteiger partial charge in [-0.15, -0.1) is 0 Å². The number of fused-ring (bicyclic) bond motifs is 4. The summed E-state index contributed by atoms with van der Waals surface area (Å²) < 4.78 is 2.36. The van der Waals surface area contributed by atoms with E-state index >= 15 is 0 Å². The van der Waals surface area contributed by atoms with E-state index in [1.807, 2.05) is 6.20 Å². The van der Waals surface area contributed by atoms with Gasteiger partial charge in [-0.05, 0) is 129 Å². The minimum absolute atomic E-state index is 0.00296. The molecule has 3 heterocycles. The first kappa shape index (κ1) is 44.7. The Labute approximate surface area is 404 Å². The molecule has 0 saturated heterocycles. The van der Waals surface area contributed by atoms with E-state index in [-0.39, 0.29) is 21.7 Å². The number of anilines is 7. The van der Waals surface area contributed by atoms with Gasteiger partial charge in [0.15, 0.2) is 0 Å². The van der Waals surface area contributed by atoms with Crippen molar-refractivity contribution in [3.63, 3.8) is 0 Å². The van der Waals surface area contributed by atoms with Crippen molar-refractivity contribution in [1.82, 2.24) is 9.55 Å². The minimum Gasteiger partial charge on any atom is -0.321 e. The second kappa shape index (κ2) is 16.6. The van der Waals surface area contributed by atoms with Crippen LogP contribution in [0, 0.1) is 0 Å². The van der Waals surface area contributed by atoms with E-state index in [4.69, 9.17) is 4.98 Å². The van der Waals surface area contributed by atoms with Crippen molar-refractivity contribution in [3.8, 4) is 5.82 Å². The number of pyridine rings is 1. The van der Waals surface area contributed by atoms with Gasteiger partial charge in [-0.3, -0.25) is 4.57 Å². The highest BCUT2D eigenvalue weighted by atomic mass is 15.4. The lowest BCUT2D eigenvalue weighted by Crippen LogP contribution is -2.26. The molecule has 0 spiro atoms. The molecule has 68 heavy (non-hydrogen) atoms.